The van der Waals surface area contributed by atoms with E-state index in [-0.39, 0.29) is 5.91 Å². The number of aryl methyl sites for hydroxylation is 1. The lowest BCUT2D eigenvalue weighted by atomic mass is 9.98. The summed E-state index contributed by atoms with van der Waals surface area (Å²) in [6.07, 6.45) is 0. The minimum absolute atomic E-state index is 0.0430. The van der Waals surface area contributed by atoms with Crippen LogP contribution in [0.4, 0.5) is 5.69 Å². The quantitative estimate of drug-likeness (QED) is 0.693. The Labute approximate surface area is 179 Å². The molecule has 0 aromatic heterocycles. The van der Waals surface area contributed by atoms with Gasteiger partial charge in [-0.2, -0.15) is 0 Å². The SMILES string of the molecule is CNC(=O)c1ccc(N2CCN(Cc3ccccc3-c3ccc(C)cc3)CC2)cc1. The molecule has 1 N–H and O–H groups in total. The van der Waals surface area contributed by atoms with Crippen LogP contribution >= 0.6 is 0 Å². The lowest BCUT2D eigenvalue weighted by Gasteiger charge is -2.36. The molecule has 30 heavy (non-hydrogen) atoms. The van der Waals surface area contributed by atoms with Crippen LogP contribution in [-0.2, 0) is 6.54 Å². The van der Waals surface area contributed by atoms with Crippen molar-refractivity contribution in [2.45, 2.75) is 13.5 Å². The van der Waals surface area contributed by atoms with E-state index in [0.29, 0.717) is 5.56 Å². The average molecular weight is 400 g/mol. The van der Waals surface area contributed by atoms with Crippen LogP contribution in [0.25, 0.3) is 11.1 Å². The molecule has 0 atom stereocenters. The molecule has 1 aliphatic heterocycles. The fraction of sp³-hybridized carbons (Fsp3) is 0.269. The molecular weight excluding hydrogens is 370 g/mol. The Bertz CT molecular complexity index is 988. The van der Waals surface area contributed by atoms with Gasteiger partial charge in [0, 0.05) is 51.0 Å². The zero-order valence-electron chi connectivity index (χ0n) is 17.8. The first kappa shape index (κ1) is 20.2. The van der Waals surface area contributed by atoms with Crippen LogP contribution in [0.5, 0.6) is 0 Å². The van der Waals surface area contributed by atoms with Crippen molar-refractivity contribution in [3.8, 4) is 11.1 Å². The molecule has 0 spiro atoms. The predicted octanol–water partition coefficient (Wildman–Crippen LogP) is 4.34. The van der Waals surface area contributed by atoms with Crippen molar-refractivity contribution in [2.75, 3.05) is 38.1 Å². The Morgan fingerprint density at radius 3 is 2.20 bits per heavy atom. The van der Waals surface area contributed by atoms with Crippen LogP contribution in [0.1, 0.15) is 21.5 Å². The van der Waals surface area contributed by atoms with Gasteiger partial charge in [0.25, 0.3) is 5.91 Å². The summed E-state index contributed by atoms with van der Waals surface area (Å²) in [5, 5.41) is 2.67. The first-order valence-corrected chi connectivity index (χ1v) is 10.6. The molecule has 4 heteroatoms. The summed E-state index contributed by atoms with van der Waals surface area (Å²) >= 11 is 0. The summed E-state index contributed by atoms with van der Waals surface area (Å²) < 4.78 is 0. The summed E-state index contributed by atoms with van der Waals surface area (Å²) in [4.78, 5) is 16.7. The summed E-state index contributed by atoms with van der Waals surface area (Å²) in [7, 11) is 1.66. The van der Waals surface area contributed by atoms with Crippen molar-refractivity contribution >= 4 is 11.6 Å². The minimum Gasteiger partial charge on any atom is -0.369 e. The van der Waals surface area contributed by atoms with Gasteiger partial charge in [0.1, 0.15) is 0 Å². The number of rotatable bonds is 5. The van der Waals surface area contributed by atoms with Crippen molar-refractivity contribution < 1.29 is 4.79 Å². The normalized spacial score (nSPS) is 14.5. The van der Waals surface area contributed by atoms with Crippen LogP contribution < -0.4 is 10.2 Å². The van der Waals surface area contributed by atoms with E-state index >= 15 is 0 Å². The highest BCUT2D eigenvalue weighted by Gasteiger charge is 2.18. The first-order valence-electron chi connectivity index (χ1n) is 10.6. The van der Waals surface area contributed by atoms with Crippen molar-refractivity contribution in [2.24, 2.45) is 0 Å². The number of amides is 1. The highest BCUT2D eigenvalue weighted by Crippen LogP contribution is 2.26. The van der Waals surface area contributed by atoms with Crippen LogP contribution in [0.3, 0.4) is 0 Å². The summed E-state index contributed by atoms with van der Waals surface area (Å²) in [6.45, 7) is 7.13. The van der Waals surface area contributed by atoms with E-state index in [9.17, 15) is 4.79 Å². The molecule has 154 valence electrons. The maximum atomic E-state index is 11.7. The van der Waals surface area contributed by atoms with Gasteiger partial charge in [-0.25, -0.2) is 0 Å². The Balaban J connectivity index is 1.40. The zero-order chi connectivity index (χ0) is 20.9. The molecule has 0 unspecified atom stereocenters. The number of carbonyl (C=O) groups excluding carboxylic acids is 1. The molecule has 0 bridgehead atoms. The van der Waals surface area contributed by atoms with Gasteiger partial charge in [-0.3, -0.25) is 9.69 Å². The van der Waals surface area contributed by atoms with E-state index in [2.05, 4.69) is 70.6 Å². The van der Waals surface area contributed by atoms with E-state index in [0.717, 1.165) is 32.7 Å². The third kappa shape index (κ3) is 4.55. The molecule has 4 nitrogen and oxygen atoms in total. The van der Waals surface area contributed by atoms with Crippen LogP contribution in [-0.4, -0.2) is 44.0 Å². The number of nitrogens with zero attached hydrogens (tertiary/aromatic N) is 2. The number of carbonyl (C=O) groups is 1. The highest BCUT2D eigenvalue weighted by atomic mass is 16.1. The molecule has 0 aliphatic carbocycles. The van der Waals surface area contributed by atoms with Gasteiger partial charge in [-0.15, -0.1) is 0 Å². The van der Waals surface area contributed by atoms with Crippen LogP contribution in [0.15, 0.2) is 72.8 Å². The standard InChI is InChI=1S/C26H29N3O/c1-20-7-9-21(10-8-20)25-6-4-3-5-23(25)19-28-15-17-29(18-16-28)24-13-11-22(12-14-24)26(30)27-2/h3-14H,15-19H2,1-2H3,(H,27,30). The van der Waals surface area contributed by atoms with Crippen molar-refractivity contribution in [1.29, 1.82) is 0 Å². The number of benzene rings is 3. The fourth-order valence-corrected chi connectivity index (χ4v) is 4.05. The van der Waals surface area contributed by atoms with Crippen molar-refractivity contribution in [3.05, 3.63) is 89.5 Å². The second kappa shape index (κ2) is 9.14. The number of hydrogen-bond acceptors (Lipinski definition) is 3. The van der Waals surface area contributed by atoms with Gasteiger partial charge in [0.15, 0.2) is 0 Å². The van der Waals surface area contributed by atoms with E-state index in [1.54, 1.807) is 7.05 Å². The Morgan fingerprint density at radius 1 is 0.867 bits per heavy atom. The van der Waals surface area contributed by atoms with E-state index < -0.39 is 0 Å². The van der Waals surface area contributed by atoms with Gasteiger partial charge >= 0.3 is 0 Å². The maximum absolute atomic E-state index is 11.7. The second-order valence-electron chi connectivity index (χ2n) is 7.91. The fourth-order valence-electron chi connectivity index (χ4n) is 4.05. The average Bonchev–Trinajstić information content (AvgIpc) is 2.80. The zero-order valence-corrected chi connectivity index (χ0v) is 17.8. The molecule has 1 heterocycles. The van der Waals surface area contributed by atoms with Crippen LogP contribution in [0, 0.1) is 6.92 Å². The van der Waals surface area contributed by atoms with Gasteiger partial charge < -0.3 is 10.2 Å². The van der Waals surface area contributed by atoms with Gasteiger partial charge in [0.2, 0.25) is 0 Å². The first-order chi connectivity index (χ1) is 14.6. The molecule has 3 aromatic carbocycles. The molecule has 4 rings (SSSR count). The molecule has 1 fully saturated rings. The number of anilines is 1. The van der Waals surface area contributed by atoms with E-state index in [1.165, 1.54) is 27.9 Å². The molecule has 1 amide bonds. The minimum atomic E-state index is -0.0430. The third-order valence-corrected chi connectivity index (χ3v) is 5.87. The predicted molar refractivity (Wildman–Crippen MR) is 124 cm³/mol. The topological polar surface area (TPSA) is 35.6 Å². The lowest BCUT2D eigenvalue weighted by molar-refractivity contribution is 0.0963. The van der Waals surface area contributed by atoms with Gasteiger partial charge in [-0.05, 0) is 47.9 Å². The molecular formula is C26H29N3O. The van der Waals surface area contributed by atoms with Gasteiger partial charge in [-0.1, -0.05) is 54.1 Å². The van der Waals surface area contributed by atoms with Crippen molar-refractivity contribution in [3.63, 3.8) is 0 Å². The molecule has 1 aliphatic rings. The Morgan fingerprint density at radius 2 is 1.53 bits per heavy atom. The number of hydrogen-bond donors (Lipinski definition) is 1. The molecule has 3 aromatic rings. The second-order valence-corrected chi connectivity index (χ2v) is 7.91. The smallest absolute Gasteiger partial charge is 0.251 e. The van der Waals surface area contributed by atoms with E-state index in [4.69, 9.17) is 0 Å². The monoisotopic (exact) mass is 399 g/mol. The highest BCUT2D eigenvalue weighted by molar-refractivity contribution is 5.94. The number of nitrogens with one attached hydrogen (secondary N) is 1. The Kier molecular flexibility index (Phi) is 6.15. The maximum Gasteiger partial charge on any atom is 0.251 e. The lowest BCUT2D eigenvalue weighted by Crippen LogP contribution is -2.46. The van der Waals surface area contributed by atoms with Crippen LogP contribution in [0.2, 0.25) is 0 Å². The molecule has 0 saturated carbocycles. The largest absolute Gasteiger partial charge is 0.369 e. The van der Waals surface area contributed by atoms with E-state index in [1.807, 2.05) is 24.3 Å². The number of piperazine rings is 1. The summed E-state index contributed by atoms with van der Waals surface area (Å²) in [5.74, 6) is -0.0430. The molecule has 1 saturated heterocycles. The third-order valence-electron chi connectivity index (χ3n) is 5.87. The van der Waals surface area contributed by atoms with Crippen molar-refractivity contribution in [1.82, 2.24) is 10.2 Å². The molecule has 0 radical (unpaired) electrons. The Hall–Kier alpha value is -3.11. The summed E-state index contributed by atoms with van der Waals surface area (Å²) in [5.41, 5.74) is 7.16. The van der Waals surface area contributed by atoms with Gasteiger partial charge in [0.05, 0.1) is 0 Å². The summed E-state index contributed by atoms with van der Waals surface area (Å²) in [6, 6.07) is 25.4.